The molecule has 41 heavy (non-hydrogen) atoms. The summed E-state index contributed by atoms with van der Waals surface area (Å²) in [7, 11) is 2.57. The van der Waals surface area contributed by atoms with Crippen LogP contribution in [0.25, 0.3) is 6.08 Å². The molecule has 1 heterocycles. The van der Waals surface area contributed by atoms with Gasteiger partial charge < -0.3 is 34.9 Å². The maximum absolute atomic E-state index is 12.2. The van der Waals surface area contributed by atoms with E-state index in [1.807, 2.05) is 0 Å². The van der Waals surface area contributed by atoms with E-state index >= 15 is 0 Å². The Kier molecular flexibility index (Phi) is 18.9. The monoisotopic (exact) mass is 631 g/mol. The summed E-state index contributed by atoms with van der Waals surface area (Å²) in [5.41, 5.74) is 1.24. The summed E-state index contributed by atoms with van der Waals surface area (Å²) in [6, 6.07) is 4.96. The topological polar surface area (TPSA) is 158 Å². The lowest BCUT2D eigenvalue weighted by Gasteiger charge is -2.19. The van der Waals surface area contributed by atoms with Crippen LogP contribution in [0.4, 0.5) is 9.59 Å². The Hall–Kier alpha value is -3.30. The zero-order valence-electron chi connectivity index (χ0n) is 22.6. The van der Waals surface area contributed by atoms with E-state index in [9.17, 15) is 24.0 Å². The summed E-state index contributed by atoms with van der Waals surface area (Å²) in [5.74, 6) is -1.27. The molecule has 3 N–H and O–H groups in total. The third kappa shape index (κ3) is 14.2. The summed E-state index contributed by atoms with van der Waals surface area (Å²) in [5, 5.41) is 7.39. The first kappa shape index (κ1) is 37.7. The fourth-order valence-corrected chi connectivity index (χ4v) is 4.11. The summed E-state index contributed by atoms with van der Waals surface area (Å²) in [6.07, 6.45) is 3.66. The lowest BCUT2D eigenvalue weighted by atomic mass is 10.1. The summed E-state index contributed by atoms with van der Waals surface area (Å²) >= 11 is 6.47. The van der Waals surface area contributed by atoms with Gasteiger partial charge >= 0.3 is 17.9 Å². The minimum absolute atomic E-state index is 0. The van der Waals surface area contributed by atoms with Crippen LogP contribution in [-0.4, -0.2) is 91.1 Å². The molecule has 15 heteroatoms. The third-order valence-electron chi connectivity index (χ3n) is 5.07. The molecule has 3 atom stereocenters. The van der Waals surface area contributed by atoms with Gasteiger partial charge in [-0.15, -0.1) is 0 Å². The van der Waals surface area contributed by atoms with E-state index in [0.29, 0.717) is 12.0 Å². The van der Waals surface area contributed by atoms with Gasteiger partial charge in [-0.2, -0.15) is 0 Å². The zero-order chi connectivity index (χ0) is 30.1. The molecule has 1 unspecified atom stereocenters. The molecule has 2 rings (SSSR count). The second-order valence-corrected chi connectivity index (χ2v) is 9.95. The van der Waals surface area contributed by atoms with Gasteiger partial charge in [0.2, 0.25) is 0 Å². The molecule has 228 valence electrons. The van der Waals surface area contributed by atoms with Gasteiger partial charge in [-0.3, -0.25) is 9.59 Å². The van der Waals surface area contributed by atoms with Crippen LogP contribution < -0.4 is 16.0 Å². The fourth-order valence-electron chi connectivity index (χ4n) is 2.86. The fraction of sp³-hybridized carbons (Fsp3) is 0.462. The lowest BCUT2D eigenvalue weighted by molar-refractivity contribution is -0.143. The van der Waals surface area contributed by atoms with E-state index in [1.54, 1.807) is 43.5 Å². The van der Waals surface area contributed by atoms with E-state index in [-0.39, 0.29) is 42.8 Å². The summed E-state index contributed by atoms with van der Waals surface area (Å²) in [4.78, 5) is 58.4. The van der Waals surface area contributed by atoms with Crippen molar-refractivity contribution in [2.75, 3.05) is 39.4 Å². The molecule has 1 aliphatic rings. The van der Waals surface area contributed by atoms with E-state index in [1.165, 1.54) is 14.2 Å². The molecule has 12 nitrogen and oxygen atoms in total. The maximum atomic E-state index is 12.2. The number of amides is 2. The van der Waals surface area contributed by atoms with Crippen LogP contribution in [0.1, 0.15) is 36.7 Å². The number of hydrogen-bond donors (Lipinski definition) is 3. The number of thioether (sulfide) groups is 2. The Morgan fingerprint density at radius 3 is 2.29 bits per heavy atom. The minimum atomic E-state index is -0.745. The predicted molar refractivity (Wildman–Crippen MR) is 164 cm³/mol. The third-order valence-corrected chi connectivity index (χ3v) is 6.74. The predicted octanol–water partition coefficient (Wildman–Crippen LogP) is 3.39. The van der Waals surface area contributed by atoms with Crippen molar-refractivity contribution >= 4 is 75.4 Å². The number of carbonyl (C=O) groups is 5. The van der Waals surface area contributed by atoms with Gasteiger partial charge in [0.05, 0.1) is 25.8 Å². The molecule has 0 bridgehead atoms. The first-order valence-corrected chi connectivity index (χ1v) is 14.5. The minimum Gasteiger partial charge on any atom is -0.468 e. The largest absolute Gasteiger partial charge is 0.468 e. The molecule has 0 aliphatic carbocycles. The number of thiocarbonyl (C=S) groups is 1. The van der Waals surface area contributed by atoms with Crippen molar-refractivity contribution in [3.8, 4) is 0 Å². The number of benzene rings is 1. The number of ether oxygens (including phenoxy) is 4. The highest BCUT2D eigenvalue weighted by atomic mass is 32.2. The van der Waals surface area contributed by atoms with E-state index < -0.39 is 35.3 Å². The molecular weight excluding hydrogens is 594 g/mol. The van der Waals surface area contributed by atoms with Crippen molar-refractivity contribution in [3.05, 3.63) is 42.0 Å². The average molecular weight is 632 g/mol. The van der Waals surface area contributed by atoms with Crippen LogP contribution in [0.5, 0.6) is 0 Å². The second-order valence-electron chi connectivity index (χ2n) is 7.80. The van der Waals surface area contributed by atoms with Crippen LogP contribution in [0.15, 0.2) is 30.8 Å². The van der Waals surface area contributed by atoms with Gasteiger partial charge in [-0.05, 0) is 42.6 Å². The molecule has 0 radical (unpaired) electrons. The molecular formula is C26H37N3O9S3. The Labute approximate surface area is 254 Å². The molecule has 2 amide bonds. The molecule has 0 spiro atoms. The Balaban J connectivity index is 0.00000122. The normalized spacial score (nSPS) is 14.6. The van der Waals surface area contributed by atoms with Crippen LogP contribution in [0, 0.1) is 0 Å². The van der Waals surface area contributed by atoms with E-state index in [0.717, 1.165) is 29.1 Å². The first-order valence-electron chi connectivity index (χ1n) is 11.8. The van der Waals surface area contributed by atoms with Crippen molar-refractivity contribution in [2.45, 2.75) is 38.9 Å². The van der Waals surface area contributed by atoms with Crippen LogP contribution >= 0.6 is 35.7 Å². The number of rotatable bonds is 11. The highest BCUT2D eigenvalue weighted by molar-refractivity contribution is 8.13. The number of carbonyl (C=O) groups excluding carboxylic acids is 5. The highest BCUT2D eigenvalue weighted by Crippen LogP contribution is 2.11. The second kappa shape index (κ2) is 20.6. The molecule has 1 aliphatic heterocycles. The first-order chi connectivity index (χ1) is 19.1. The summed E-state index contributed by atoms with van der Waals surface area (Å²) in [6.45, 7) is 5.56. The van der Waals surface area contributed by atoms with Crippen molar-refractivity contribution in [2.24, 2.45) is 0 Å². The zero-order valence-corrected chi connectivity index (χ0v) is 25.0. The van der Waals surface area contributed by atoms with Crippen molar-refractivity contribution in [1.29, 1.82) is 0 Å². The molecule has 0 aromatic heterocycles. The van der Waals surface area contributed by atoms with Gasteiger partial charge in [-0.1, -0.05) is 62.7 Å². The van der Waals surface area contributed by atoms with Gasteiger partial charge in [0.25, 0.3) is 15.7 Å². The quantitative estimate of drug-likeness (QED) is 0.186. The van der Waals surface area contributed by atoms with E-state index in [4.69, 9.17) is 9.47 Å². The van der Waals surface area contributed by atoms with Crippen LogP contribution in [0.2, 0.25) is 0 Å². The van der Waals surface area contributed by atoms with Gasteiger partial charge in [0.15, 0.2) is 6.04 Å². The van der Waals surface area contributed by atoms with Crippen LogP contribution in [-0.2, 0) is 28.5 Å². The number of methoxy groups -OCH3 is 2. The number of hydrogen-bond acceptors (Lipinski definition) is 12. The van der Waals surface area contributed by atoms with Crippen molar-refractivity contribution in [3.63, 3.8) is 0 Å². The SMILES string of the molecule is C.C=Cc1ccc(C(=O)OCC(CSC(=O)N[C@@H](CC)C(=O)OC)NC(=O)SC)cc1.COC(=O)[C@@H]1COC(=S)N1. The van der Waals surface area contributed by atoms with Gasteiger partial charge in [0.1, 0.15) is 19.3 Å². The van der Waals surface area contributed by atoms with Crippen molar-refractivity contribution in [1.82, 2.24) is 16.0 Å². The Morgan fingerprint density at radius 2 is 1.80 bits per heavy atom. The Bertz CT molecular complexity index is 1050. The highest BCUT2D eigenvalue weighted by Gasteiger charge is 2.27. The van der Waals surface area contributed by atoms with Gasteiger partial charge in [-0.25, -0.2) is 14.4 Å². The smallest absolute Gasteiger partial charge is 0.338 e. The molecule has 1 aromatic rings. The molecule has 1 saturated heterocycles. The number of nitrogens with one attached hydrogen (secondary N) is 3. The lowest BCUT2D eigenvalue weighted by Crippen LogP contribution is -2.42. The molecule has 0 saturated carbocycles. The van der Waals surface area contributed by atoms with E-state index in [2.05, 4.69) is 44.2 Å². The molecule has 1 fully saturated rings. The Morgan fingerprint density at radius 1 is 1.15 bits per heavy atom. The standard InChI is InChI=1S/C20H26N2O6S2.C5H7NO3S.CH4/c1-5-13-7-9-14(10-8-13)17(23)28-11-15(21-19(25)29-4)12-30-20(26)22-16(6-2)18(24)27-3;1-8-4(7)3-2-9-5(10)6-3;/h5,7-10,15-16H,1,6,11-12H2,2-4H3,(H,21,25)(H,22,26);3H,2H2,1H3,(H,6,10);1H4/t15?,16-;3-;/m00./s1. The van der Waals surface area contributed by atoms with Crippen LogP contribution in [0.3, 0.4) is 0 Å². The molecule has 1 aromatic carbocycles. The van der Waals surface area contributed by atoms with Gasteiger partial charge in [0, 0.05) is 5.75 Å². The maximum Gasteiger partial charge on any atom is 0.338 e. The average Bonchev–Trinajstić information content (AvgIpc) is 3.42. The summed E-state index contributed by atoms with van der Waals surface area (Å²) < 4.78 is 19.2. The number of esters is 3. The van der Waals surface area contributed by atoms with Crippen molar-refractivity contribution < 1.29 is 42.9 Å².